The number of fused-ring (bicyclic) bond motifs is 2. The van der Waals surface area contributed by atoms with Crippen molar-refractivity contribution in [1.82, 2.24) is 24.5 Å². The molecule has 1 aliphatic heterocycles. The molecular formula is C21H25N5O3S. The van der Waals surface area contributed by atoms with Gasteiger partial charge in [0.05, 0.1) is 6.54 Å². The molecule has 3 heterocycles. The van der Waals surface area contributed by atoms with Gasteiger partial charge in [0.15, 0.2) is 17.6 Å². The van der Waals surface area contributed by atoms with Gasteiger partial charge in [-0.2, -0.15) is 4.98 Å². The lowest BCUT2D eigenvalue weighted by Gasteiger charge is -2.29. The van der Waals surface area contributed by atoms with E-state index in [4.69, 9.17) is 9.47 Å². The Morgan fingerprint density at radius 3 is 2.80 bits per heavy atom. The average molecular weight is 428 g/mol. The summed E-state index contributed by atoms with van der Waals surface area (Å²) in [4.78, 5) is 23.4. The third-order valence-electron chi connectivity index (χ3n) is 5.27. The van der Waals surface area contributed by atoms with E-state index in [1.165, 1.54) is 11.8 Å². The zero-order valence-electron chi connectivity index (χ0n) is 17.6. The van der Waals surface area contributed by atoms with Crippen LogP contribution in [0.25, 0.3) is 5.78 Å². The SMILES string of the molecule is CSc1nc2nc(C)c(CCC(=O)N(C)C[C@@H]3COc4ccccc4O3)c(C)n2n1. The number of aromatic nitrogens is 4. The number of ether oxygens (including phenoxy) is 2. The Bertz CT molecular complexity index is 1080. The Morgan fingerprint density at radius 1 is 1.27 bits per heavy atom. The third kappa shape index (κ3) is 4.07. The number of rotatable bonds is 6. The lowest BCUT2D eigenvalue weighted by atomic mass is 10.1. The van der Waals surface area contributed by atoms with Crippen molar-refractivity contribution in [3.63, 3.8) is 0 Å². The second kappa shape index (κ2) is 8.51. The van der Waals surface area contributed by atoms with Crippen LogP contribution in [0.2, 0.25) is 0 Å². The molecule has 4 rings (SSSR count). The minimum Gasteiger partial charge on any atom is -0.486 e. The summed E-state index contributed by atoms with van der Waals surface area (Å²) in [5.74, 6) is 2.11. The molecule has 1 amide bonds. The molecule has 0 aliphatic carbocycles. The Balaban J connectivity index is 1.38. The summed E-state index contributed by atoms with van der Waals surface area (Å²) in [6.45, 7) is 4.85. The van der Waals surface area contributed by atoms with Gasteiger partial charge in [0.25, 0.3) is 5.78 Å². The zero-order chi connectivity index (χ0) is 21.3. The first-order valence-corrected chi connectivity index (χ1v) is 11.1. The van der Waals surface area contributed by atoms with Crippen molar-refractivity contribution in [3.8, 4) is 11.5 Å². The molecule has 0 unspecified atom stereocenters. The molecule has 30 heavy (non-hydrogen) atoms. The molecule has 1 aliphatic rings. The number of carbonyl (C=O) groups is 1. The number of benzene rings is 1. The number of thioether (sulfide) groups is 1. The summed E-state index contributed by atoms with van der Waals surface area (Å²) in [5, 5.41) is 5.16. The lowest BCUT2D eigenvalue weighted by Crippen LogP contribution is -2.41. The highest BCUT2D eigenvalue weighted by molar-refractivity contribution is 7.98. The second-order valence-corrected chi connectivity index (χ2v) is 8.12. The van der Waals surface area contributed by atoms with E-state index in [1.807, 2.05) is 44.4 Å². The number of amides is 1. The number of hydrogen-bond acceptors (Lipinski definition) is 7. The molecule has 0 N–H and O–H groups in total. The van der Waals surface area contributed by atoms with Crippen LogP contribution in [0.1, 0.15) is 23.4 Å². The standard InChI is InChI=1S/C21H25N5O3S/c1-13-16(14(2)26-20(22-13)23-21(24-26)30-4)9-10-19(27)25(3)11-15-12-28-17-7-5-6-8-18(17)29-15/h5-8,15H,9-12H2,1-4H3/t15-/m1/s1. The Kier molecular flexibility index (Phi) is 5.80. The van der Waals surface area contributed by atoms with Crippen LogP contribution in [-0.2, 0) is 11.2 Å². The largest absolute Gasteiger partial charge is 0.486 e. The summed E-state index contributed by atoms with van der Waals surface area (Å²) in [6, 6.07) is 7.58. The minimum atomic E-state index is -0.185. The average Bonchev–Trinajstić information content (AvgIpc) is 3.16. The molecule has 3 aromatic rings. The van der Waals surface area contributed by atoms with Gasteiger partial charge in [0.1, 0.15) is 6.61 Å². The van der Waals surface area contributed by atoms with Crippen molar-refractivity contribution in [2.24, 2.45) is 0 Å². The maximum atomic E-state index is 12.7. The van der Waals surface area contributed by atoms with E-state index in [0.717, 1.165) is 28.5 Å². The van der Waals surface area contributed by atoms with Gasteiger partial charge in [0.2, 0.25) is 11.1 Å². The molecule has 1 atom stereocenters. The Morgan fingerprint density at radius 2 is 2.03 bits per heavy atom. The van der Waals surface area contributed by atoms with Crippen LogP contribution in [-0.4, -0.2) is 62.9 Å². The van der Waals surface area contributed by atoms with Crippen LogP contribution < -0.4 is 9.47 Å². The van der Waals surface area contributed by atoms with Gasteiger partial charge in [-0.25, -0.2) is 9.50 Å². The van der Waals surface area contributed by atoms with E-state index in [0.29, 0.717) is 36.9 Å². The first-order chi connectivity index (χ1) is 14.5. The topological polar surface area (TPSA) is 81.9 Å². The number of aryl methyl sites for hydroxylation is 2. The van der Waals surface area contributed by atoms with Gasteiger partial charge in [-0.1, -0.05) is 23.9 Å². The molecule has 0 saturated carbocycles. The van der Waals surface area contributed by atoms with Crippen LogP contribution in [0.5, 0.6) is 11.5 Å². The fraction of sp³-hybridized carbons (Fsp3) is 0.429. The van der Waals surface area contributed by atoms with Gasteiger partial charge in [-0.15, -0.1) is 5.10 Å². The van der Waals surface area contributed by atoms with Crippen LogP contribution in [0.15, 0.2) is 29.4 Å². The van der Waals surface area contributed by atoms with Crippen molar-refractivity contribution >= 4 is 23.4 Å². The van der Waals surface area contributed by atoms with Crippen molar-refractivity contribution in [2.75, 3.05) is 26.5 Å². The molecule has 2 aromatic heterocycles. The van der Waals surface area contributed by atoms with E-state index in [9.17, 15) is 4.79 Å². The molecular weight excluding hydrogens is 402 g/mol. The quantitative estimate of drug-likeness (QED) is 0.560. The van der Waals surface area contributed by atoms with Gasteiger partial charge >= 0.3 is 0 Å². The Labute approximate surface area is 179 Å². The summed E-state index contributed by atoms with van der Waals surface area (Å²) in [6.07, 6.45) is 2.74. The highest BCUT2D eigenvalue weighted by Gasteiger charge is 2.24. The van der Waals surface area contributed by atoms with E-state index in [-0.39, 0.29) is 12.0 Å². The first-order valence-electron chi connectivity index (χ1n) is 9.85. The van der Waals surface area contributed by atoms with Crippen molar-refractivity contribution < 1.29 is 14.3 Å². The maximum Gasteiger partial charge on any atom is 0.253 e. The van der Waals surface area contributed by atoms with E-state index < -0.39 is 0 Å². The molecule has 8 nitrogen and oxygen atoms in total. The summed E-state index contributed by atoms with van der Waals surface area (Å²) >= 11 is 1.48. The third-order valence-corrected chi connectivity index (χ3v) is 5.81. The fourth-order valence-corrected chi connectivity index (χ4v) is 3.96. The van der Waals surface area contributed by atoms with E-state index in [1.54, 1.807) is 16.5 Å². The predicted molar refractivity (Wildman–Crippen MR) is 114 cm³/mol. The summed E-state index contributed by atoms with van der Waals surface area (Å²) in [7, 11) is 1.80. The molecule has 0 saturated heterocycles. The van der Waals surface area contributed by atoms with Crippen LogP contribution in [0.4, 0.5) is 0 Å². The maximum absolute atomic E-state index is 12.7. The molecule has 0 bridgehead atoms. The van der Waals surface area contributed by atoms with Crippen molar-refractivity contribution in [3.05, 3.63) is 41.2 Å². The van der Waals surface area contributed by atoms with Crippen LogP contribution in [0.3, 0.4) is 0 Å². The monoisotopic (exact) mass is 427 g/mol. The first kappa shape index (κ1) is 20.5. The summed E-state index contributed by atoms with van der Waals surface area (Å²) < 4.78 is 13.5. The zero-order valence-corrected chi connectivity index (χ0v) is 18.4. The van der Waals surface area contributed by atoms with Gasteiger partial charge in [-0.05, 0) is 44.2 Å². The number of para-hydroxylation sites is 2. The fourth-order valence-electron chi connectivity index (χ4n) is 3.62. The van der Waals surface area contributed by atoms with E-state index in [2.05, 4.69) is 15.1 Å². The molecule has 9 heteroatoms. The number of carbonyl (C=O) groups excluding carboxylic acids is 1. The van der Waals surface area contributed by atoms with Crippen molar-refractivity contribution in [1.29, 1.82) is 0 Å². The number of nitrogens with zero attached hydrogens (tertiary/aromatic N) is 5. The number of hydrogen-bond donors (Lipinski definition) is 0. The molecule has 1 aromatic carbocycles. The normalized spacial score (nSPS) is 15.4. The Hall–Kier alpha value is -2.81. The minimum absolute atomic E-state index is 0.0553. The van der Waals surface area contributed by atoms with Gasteiger partial charge in [-0.3, -0.25) is 4.79 Å². The van der Waals surface area contributed by atoms with Crippen LogP contribution in [0, 0.1) is 13.8 Å². The highest BCUT2D eigenvalue weighted by atomic mass is 32.2. The number of likely N-dealkylation sites (N-methyl/N-ethyl adjacent to an activating group) is 1. The molecule has 158 valence electrons. The second-order valence-electron chi connectivity index (χ2n) is 7.34. The lowest BCUT2D eigenvalue weighted by molar-refractivity contribution is -0.131. The highest BCUT2D eigenvalue weighted by Crippen LogP contribution is 2.31. The van der Waals surface area contributed by atoms with Gasteiger partial charge < -0.3 is 14.4 Å². The van der Waals surface area contributed by atoms with Crippen LogP contribution >= 0.6 is 11.8 Å². The van der Waals surface area contributed by atoms with Crippen molar-refractivity contribution in [2.45, 2.75) is 37.9 Å². The smallest absolute Gasteiger partial charge is 0.253 e. The molecule has 0 spiro atoms. The predicted octanol–water partition coefficient (Wildman–Crippen LogP) is 2.69. The van der Waals surface area contributed by atoms with E-state index >= 15 is 0 Å². The molecule has 0 radical (unpaired) electrons. The summed E-state index contributed by atoms with van der Waals surface area (Å²) in [5.41, 5.74) is 2.89. The molecule has 0 fully saturated rings. The van der Waals surface area contributed by atoms with Gasteiger partial charge in [0, 0.05) is 24.9 Å².